The summed E-state index contributed by atoms with van der Waals surface area (Å²) in [7, 11) is 1.98. The Labute approximate surface area is 279 Å². The predicted molar refractivity (Wildman–Crippen MR) is 189 cm³/mol. The van der Waals surface area contributed by atoms with Crippen LogP contribution in [0.4, 0.5) is 11.4 Å². The molecule has 0 radical (unpaired) electrons. The van der Waals surface area contributed by atoms with E-state index in [0.717, 1.165) is 18.7 Å². The van der Waals surface area contributed by atoms with Crippen LogP contribution < -0.4 is 15.4 Å². The van der Waals surface area contributed by atoms with Crippen LogP contribution in [0.15, 0.2) is 102 Å². The lowest BCUT2D eigenvalue weighted by atomic mass is 10.1. The molecule has 1 aromatic heterocycles. The Kier molecular flexibility index (Phi) is 14.9. The molecule has 3 N–H and O–H groups in total. The normalized spacial score (nSPS) is 11.0. The van der Waals surface area contributed by atoms with Crippen LogP contribution in [-0.4, -0.2) is 30.5 Å². The Bertz CT molecular complexity index is 1640. The molecule has 0 fully saturated rings. The van der Waals surface area contributed by atoms with E-state index >= 15 is 0 Å². The van der Waals surface area contributed by atoms with Crippen molar-refractivity contribution in [2.24, 2.45) is 0 Å². The molecule has 0 aliphatic heterocycles. The molecule has 9 heteroatoms. The summed E-state index contributed by atoms with van der Waals surface area (Å²) in [5.74, 6) is 0.326. The van der Waals surface area contributed by atoms with E-state index in [2.05, 4.69) is 70.6 Å². The first kappa shape index (κ1) is 35.6. The third kappa shape index (κ3) is 11.5. The average Bonchev–Trinajstić information content (AvgIpc) is 3.57. The van der Waals surface area contributed by atoms with Gasteiger partial charge in [0.15, 0.2) is 0 Å². The van der Waals surface area contributed by atoms with Crippen molar-refractivity contribution in [1.29, 1.82) is 0 Å². The number of ether oxygens (including phenoxy) is 1. The van der Waals surface area contributed by atoms with Gasteiger partial charge in [0.05, 0.1) is 22.2 Å². The van der Waals surface area contributed by atoms with Crippen LogP contribution in [0, 0.1) is 0 Å². The van der Waals surface area contributed by atoms with Gasteiger partial charge in [-0.2, -0.15) is 0 Å². The number of aliphatic carboxylic acids is 1. The second-order valence-electron chi connectivity index (χ2n) is 10.00. The molecule has 0 bridgehead atoms. The lowest BCUT2D eigenvalue weighted by Gasteiger charge is -2.19. The van der Waals surface area contributed by atoms with E-state index in [1.54, 1.807) is 54.7 Å². The summed E-state index contributed by atoms with van der Waals surface area (Å²) in [4.78, 5) is 21.9. The minimum atomic E-state index is -0.889. The van der Waals surface area contributed by atoms with Crippen LogP contribution in [0.5, 0.6) is 5.75 Å². The molecule has 45 heavy (non-hydrogen) atoms. The molecule has 5 aromatic rings. The number of benzene rings is 4. The molecular weight excluding hydrogens is 627 g/mol. The monoisotopic (exact) mass is 664 g/mol. The number of fused-ring (bicyclic) bond motifs is 1. The van der Waals surface area contributed by atoms with E-state index in [-0.39, 0.29) is 18.3 Å². The Morgan fingerprint density at radius 2 is 1.53 bits per heavy atom. The highest BCUT2D eigenvalue weighted by Crippen LogP contribution is 2.34. The molecule has 0 spiro atoms. The molecular formula is C36H38Cl2N2O4S. The predicted octanol–water partition coefficient (Wildman–Crippen LogP) is 9.98. The topological polar surface area (TPSA) is 87.7 Å². The average molecular weight is 666 g/mol. The van der Waals surface area contributed by atoms with E-state index in [9.17, 15) is 9.59 Å². The van der Waals surface area contributed by atoms with Crippen LogP contribution in [-0.2, 0) is 16.0 Å². The van der Waals surface area contributed by atoms with Crippen LogP contribution in [0.1, 0.15) is 43.2 Å². The van der Waals surface area contributed by atoms with E-state index in [1.807, 2.05) is 20.0 Å². The number of nitrogens with one attached hydrogen (secondary N) is 2. The molecule has 1 atom stereocenters. The first-order valence-electron chi connectivity index (χ1n) is 14.6. The highest BCUT2D eigenvalue weighted by molar-refractivity contribution is 7.10. The number of rotatable bonds is 11. The zero-order valence-electron chi connectivity index (χ0n) is 25.6. The standard InChI is InChI=1S/C18H19NOS.C14H11Cl2NO2.C4H8O/c1-19-12-11-17(18-10-5-13-21-18)20-16-9-4-7-14-6-2-3-8-15(14)16;15-10-5-3-6-11(16)14(10)17-12-7-2-1-4-9(12)8-13(18)19;1-3-4(2)5/h2-10,13,17,19H,11-12H2,1H3;1-7,17H,8H2,(H,18,19);3H2,1-2H3/t17-;;/m1../s1. The largest absolute Gasteiger partial charge is 0.484 e. The number of carboxylic acid groups (broad SMARTS) is 1. The molecule has 1 heterocycles. The number of carbonyl (C=O) groups is 2. The Balaban J connectivity index is 0.000000215. The highest BCUT2D eigenvalue weighted by atomic mass is 35.5. The fraction of sp³-hybridized carbons (Fsp3) is 0.222. The number of ketones is 1. The van der Waals surface area contributed by atoms with Gasteiger partial charge in [-0.1, -0.05) is 96.9 Å². The second kappa shape index (κ2) is 18.8. The van der Waals surface area contributed by atoms with Crippen LogP contribution in [0.2, 0.25) is 10.0 Å². The fourth-order valence-corrected chi connectivity index (χ4v) is 5.45. The maximum atomic E-state index is 10.8. The minimum absolute atomic E-state index is 0.0642. The molecule has 0 saturated carbocycles. The zero-order valence-corrected chi connectivity index (χ0v) is 27.9. The van der Waals surface area contributed by atoms with Gasteiger partial charge in [0.2, 0.25) is 0 Å². The molecule has 0 amide bonds. The van der Waals surface area contributed by atoms with Crippen molar-refractivity contribution < 1.29 is 19.4 Å². The zero-order chi connectivity index (χ0) is 32.6. The van der Waals surface area contributed by atoms with Gasteiger partial charge in [0, 0.05) is 28.8 Å². The number of hydrogen-bond acceptors (Lipinski definition) is 6. The molecule has 0 aliphatic rings. The van der Waals surface area contributed by atoms with E-state index < -0.39 is 5.97 Å². The number of para-hydroxylation sites is 2. The molecule has 236 valence electrons. The first-order chi connectivity index (χ1) is 21.7. The molecule has 0 aliphatic carbocycles. The molecule has 0 saturated heterocycles. The van der Waals surface area contributed by atoms with Gasteiger partial charge in [0.25, 0.3) is 0 Å². The van der Waals surface area contributed by atoms with Gasteiger partial charge in [-0.25, -0.2) is 0 Å². The SMILES string of the molecule is CCC(C)=O.CNCC[C@@H](Oc1cccc2ccccc12)c1cccs1.O=C(O)Cc1ccccc1Nc1c(Cl)cccc1Cl. The third-order valence-electron chi connectivity index (χ3n) is 6.62. The van der Waals surface area contributed by atoms with Crippen molar-refractivity contribution >= 4 is 68.4 Å². The summed E-state index contributed by atoms with van der Waals surface area (Å²) in [5, 5.41) is 20.6. The van der Waals surface area contributed by atoms with E-state index in [4.69, 9.17) is 33.0 Å². The summed E-state index contributed by atoms with van der Waals surface area (Å²) < 4.78 is 6.34. The minimum Gasteiger partial charge on any atom is -0.484 e. The lowest BCUT2D eigenvalue weighted by Crippen LogP contribution is -2.15. The van der Waals surface area contributed by atoms with Gasteiger partial charge < -0.3 is 25.3 Å². The number of carbonyl (C=O) groups excluding carboxylic acids is 1. The molecule has 4 aromatic carbocycles. The van der Waals surface area contributed by atoms with Gasteiger partial charge in [-0.15, -0.1) is 11.3 Å². The summed E-state index contributed by atoms with van der Waals surface area (Å²) in [5.41, 5.74) is 1.93. The molecule has 6 nitrogen and oxygen atoms in total. The fourth-order valence-electron chi connectivity index (χ4n) is 4.17. The number of hydrogen-bond donors (Lipinski definition) is 3. The van der Waals surface area contributed by atoms with E-state index in [1.165, 1.54) is 15.6 Å². The first-order valence-corrected chi connectivity index (χ1v) is 16.2. The van der Waals surface area contributed by atoms with Crippen molar-refractivity contribution in [3.05, 3.63) is 123 Å². The van der Waals surface area contributed by atoms with Gasteiger partial charge in [-0.05, 0) is 67.2 Å². The summed E-state index contributed by atoms with van der Waals surface area (Å²) in [6.07, 6.45) is 1.66. The Morgan fingerprint density at radius 3 is 2.18 bits per heavy atom. The van der Waals surface area contributed by atoms with Crippen molar-refractivity contribution in [2.75, 3.05) is 18.9 Å². The van der Waals surface area contributed by atoms with Crippen molar-refractivity contribution in [1.82, 2.24) is 5.32 Å². The van der Waals surface area contributed by atoms with Crippen molar-refractivity contribution in [2.45, 2.75) is 39.2 Å². The molecule has 0 unspecified atom stereocenters. The maximum absolute atomic E-state index is 10.8. The van der Waals surface area contributed by atoms with Crippen LogP contribution >= 0.6 is 34.5 Å². The summed E-state index contributed by atoms with van der Waals surface area (Å²) in [6.45, 7) is 4.37. The van der Waals surface area contributed by atoms with E-state index in [0.29, 0.717) is 33.4 Å². The smallest absolute Gasteiger partial charge is 0.307 e. The quantitative estimate of drug-likeness (QED) is 0.130. The van der Waals surface area contributed by atoms with Gasteiger partial charge in [0.1, 0.15) is 17.6 Å². The number of anilines is 2. The molecule has 5 rings (SSSR count). The van der Waals surface area contributed by atoms with Gasteiger partial charge in [-0.3, -0.25) is 4.79 Å². The van der Waals surface area contributed by atoms with Crippen molar-refractivity contribution in [3.8, 4) is 5.75 Å². The Morgan fingerprint density at radius 1 is 0.889 bits per heavy atom. The Hall–Kier alpha value is -3.88. The van der Waals surface area contributed by atoms with Crippen LogP contribution in [0.3, 0.4) is 0 Å². The summed E-state index contributed by atoms with van der Waals surface area (Å²) >= 11 is 13.9. The maximum Gasteiger partial charge on any atom is 0.307 e. The number of halogens is 2. The highest BCUT2D eigenvalue weighted by Gasteiger charge is 2.15. The third-order valence-corrected chi connectivity index (χ3v) is 8.21. The number of carboxylic acids is 1. The number of thiophene rings is 1. The number of Topliss-reactive ketones (excluding diaryl/α,β-unsaturated/α-hetero) is 1. The van der Waals surface area contributed by atoms with Crippen molar-refractivity contribution in [3.63, 3.8) is 0 Å². The van der Waals surface area contributed by atoms with Crippen LogP contribution in [0.25, 0.3) is 10.8 Å². The second-order valence-corrected chi connectivity index (χ2v) is 11.8. The van der Waals surface area contributed by atoms with Gasteiger partial charge >= 0.3 is 5.97 Å². The summed E-state index contributed by atoms with van der Waals surface area (Å²) in [6, 6.07) is 31.2. The lowest BCUT2D eigenvalue weighted by molar-refractivity contribution is -0.136.